The average Bonchev–Trinajstić information content (AvgIpc) is 3.79. The van der Waals surface area contributed by atoms with E-state index in [2.05, 4.69) is 31.0 Å². The predicted octanol–water partition coefficient (Wildman–Crippen LogP) is 9.55. The van der Waals surface area contributed by atoms with E-state index in [1.165, 1.54) is 0 Å². The van der Waals surface area contributed by atoms with Crippen molar-refractivity contribution in [3.63, 3.8) is 0 Å². The molecule has 10 unspecified atom stereocenters. The number of amides is 3. The SMILES string of the molecule is CCC(C)C(C(CC(=O)N1CCCC1C(OC)C(C)C(=O)CCCC1(C(=O)O)CC1c1ccccc1)OC)N(C)C(=O)C(NC(=O)C(C(C)C)N(C)CCCCCCn1c(O)cc(C(C)(CC)CC)c1O)C(C)C. The lowest BCUT2D eigenvalue weighted by molar-refractivity contribution is -0.148. The molecule has 15 heteroatoms. The summed E-state index contributed by atoms with van der Waals surface area (Å²) in [4.78, 5) is 75.2. The molecular formula is C59H97N5O10. The topological polar surface area (TPSA) is 191 Å². The number of hydrogen-bond acceptors (Lipinski definition) is 10. The van der Waals surface area contributed by atoms with Crippen LogP contribution in [0.2, 0.25) is 0 Å². The van der Waals surface area contributed by atoms with Crippen molar-refractivity contribution in [3.05, 3.63) is 47.5 Å². The third-order valence-electron chi connectivity index (χ3n) is 17.6. The number of carbonyl (C=O) groups is 5. The van der Waals surface area contributed by atoms with Crippen LogP contribution in [0.4, 0.5) is 0 Å². The highest BCUT2D eigenvalue weighted by Gasteiger charge is 2.60. The molecule has 1 saturated heterocycles. The summed E-state index contributed by atoms with van der Waals surface area (Å²) in [7, 11) is 6.83. The smallest absolute Gasteiger partial charge is 0.310 e. The fourth-order valence-corrected chi connectivity index (χ4v) is 12.1. The lowest BCUT2D eigenvalue weighted by Gasteiger charge is -2.41. The second kappa shape index (κ2) is 28.1. The fraction of sp³-hybridized carbons (Fsp3) is 0.746. The molecule has 2 aromatic rings. The summed E-state index contributed by atoms with van der Waals surface area (Å²) in [5.74, 6) is -2.13. The van der Waals surface area contributed by atoms with Gasteiger partial charge in [-0.15, -0.1) is 0 Å². The molecule has 1 aliphatic heterocycles. The van der Waals surface area contributed by atoms with Gasteiger partial charge in [0.1, 0.15) is 11.8 Å². The van der Waals surface area contributed by atoms with Crippen LogP contribution in [0.5, 0.6) is 11.8 Å². The van der Waals surface area contributed by atoms with Gasteiger partial charge in [-0.1, -0.05) is 119 Å². The molecule has 3 amide bonds. The van der Waals surface area contributed by atoms with Gasteiger partial charge in [0.2, 0.25) is 17.7 Å². The van der Waals surface area contributed by atoms with Crippen molar-refractivity contribution >= 4 is 29.5 Å². The Kier molecular flexibility index (Phi) is 23.5. The summed E-state index contributed by atoms with van der Waals surface area (Å²) in [6, 6.07) is 9.25. The van der Waals surface area contributed by atoms with Crippen molar-refractivity contribution in [1.29, 1.82) is 0 Å². The molecule has 0 spiro atoms. The molecule has 2 fully saturated rings. The Morgan fingerprint density at radius 1 is 0.892 bits per heavy atom. The van der Waals surface area contributed by atoms with E-state index in [1.807, 2.05) is 90.7 Å². The minimum absolute atomic E-state index is 0.00674. The number of ketones is 1. The number of nitrogens with one attached hydrogen (secondary N) is 1. The van der Waals surface area contributed by atoms with E-state index < -0.39 is 47.6 Å². The number of rotatable bonds is 33. The van der Waals surface area contributed by atoms with Crippen molar-refractivity contribution in [2.24, 2.45) is 29.1 Å². The monoisotopic (exact) mass is 1040 g/mol. The number of aromatic hydroxyl groups is 2. The minimum atomic E-state index is -0.855. The number of Topliss-reactive ketones (excluding diaryl/α,β-unsaturated/α-hetero) is 1. The maximum absolute atomic E-state index is 14.7. The van der Waals surface area contributed by atoms with Gasteiger partial charge in [-0.05, 0) is 100 Å². The highest BCUT2D eigenvalue weighted by molar-refractivity contribution is 5.90. The highest BCUT2D eigenvalue weighted by atomic mass is 16.5. The summed E-state index contributed by atoms with van der Waals surface area (Å²) in [5, 5.41) is 35.0. The molecule has 4 N–H and O–H groups in total. The summed E-state index contributed by atoms with van der Waals surface area (Å²) in [6.45, 7) is 21.8. The molecule has 0 bridgehead atoms. The highest BCUT2D eigenvalue weighted by Crippen LogP contribution is 2.62. The first-order chi connectivity index (χ1) is 35.0. The Hall–Kier alpha value is -4.47. The minimum Gasteiger partial charge on any atom is -0.494 e. The number of nitrogens with zero attached hydrogens (tertiary/aromatic N) is 4. The second-order valence-corrected chi connectivity index (χ2v) is 23.0. The van der Waals surface area contributed by atoms with Gasteiger partial charge in [-0.3, -0.25) is 33.4 Å². The number of methoxy groups -OCH3 is 2. The van der Waals surface area contributed by atoms with Gasteiger partial charge >= 0.3 is 5.97 Å². The van der Waals surface area contributed by atoms with E-state index in [1.54, 1.807) is 36.8 Å². The number of benzene rings is 1. The zero-order valence-corrected chi connectivity index (χ0v) is 47.8. The van der Waals surface area contributed by atoms with Gasteiger partial charge in [-0.25, -0.2) is 0 Å². The molecule has 418 valence electrons. The molecule has 4 rings (SSSR count). The summed E-state index contributed by atoms with van der Waals surface area (Å²) in [5.41, 5.74) is 0.741. The summed E-state index contributed by atoms with van der Waals surface area (Å²) < 4.78 is 13.8. The third kappa shape index (κ3) is 14.7. The predicted molar refractivity (Wildman–Crippen MR) is 291 cm³/mol. The zero-order valence-electron chi connectivity index (χ0n) is 47.8. The van der Waals surface area contributed by atoms with Crippen molar-refractivity contribution < 1.29 is 48.8 Å². The number of likely N-dealkylation sites (tertiary alicyclic amines) is 1. The molecule has 2 aliphatic rings. The molecular weight excluding hydrogens is 939 g/mol. The quantitative estimate of drug-likeness (QED) is 0.0498. The first kappa shape index (κ1) is 62.1. The first-order valence-electron chi connectivity index (χ1n) is 28.1. The maximum Gasteiger partial charge on any atom is 0.310 e. The number of hydrogen-bond donors (Lipinski definition) is 4. The van der Waals surface area contributed by atoms with Crippen LogP contribution >= 0.6 is 0 Å². The number of aromatic nitrogens is 1. The molecule has 10 atom stereocenters. The number of aliphatic carboxylic acids is 1. The van der Waals surface area contributed by atoms with Crippen LogP contribution in [0, 0.1) is 29.1 Å². The molecule has 2 heterocycles. The average molecular weight is 1040 g/mol. The number of likely N-dealkylation sites (N-methyl/N-ethyl adjacent to an activating group) is 2. The maximum atomic E-state index is 14.7. The number of carbonyl (C=O) groups excluding carboxylic acids is 4. The lowest BCUT2D eigenvalue weighted by atomic mass is 9.79. The molecule has 0 radical (unpaired) electrons. The van der Waals surface area contributed by atoms with Crippen LogP contribution < -0.4 is 5.32 Å². The van der Waals surface area contributed by atoms with Crippen LogP contribution in [-0.4, -0.2) is 142 Å². The second-order valence-electron chi connectivity index (χ2n) is 23.0. The number of ether oxygens (including phenoxy) is 2. The molecule has 1 aliphatic carbocycles. The Morgan fingerprint density at radius 3 is 2.11 bits per heavy atom. The van der Waals surface area contributed by atoms with Gasteiger partial charge in [-0.2, -0.15) is 0 Å². The first-order valence-corrected chi connectivity index (χ1v) is 28.1. The van der Waals surface area contributed by atoms with Crippen molar-refractivity contribution in [1.82, 2.24) is 24.6 Å². The largest absolute Gasteiger partial charge is 0.494 e. The van der Waals surface area contributed by atoms with E-state index in [4.69, 9.17) is 9.47 Å². The Bertz CT molecular complexity index is 2120. The molecule has 1 saturated carbocycles. The summed E-state index contributed by atoms with van der Waals surface area (Å²) in [6.07, 6.45) is 7.73. The van der Waals surface area contributed by atoms with Crippen LogP contribution in [0.15, 0.2) is 36.4 Å². The molecule has 1 aromatic carbocycles. The van der Waals surface area contributed by atoms with E-state index in [0.717, 1.165) is 56.1 Å². The zero-order chi connectivity index (χ0) is 55.2. The van der Waals surface area contributed by atoms with E-state index >= 15 is 0 Å². The number of unbranched alkanes of at least 4 members (excludes halogenated alkanes) is 3. The van der Waals surface area contributed by atoms with Gasteiger partial charge < -0.3 is 39.9 Å². The van der Waals surface area contributed by atoms with E-state index in [-0.39, 0.29) is 83.2 Å². The van der Waals surface area contributed by atoms with Crippen LogP contribution in [-0.2, 0) is 45.4 Å². The van der Waals surface area contributed by atoms with Crippen molar-refractivity contribution in [2.45, 2.75) is 213 Å². The number of carboxylic acid groups (broad SMARTS) is 1. The standard InChI is InChI=1S/C59H97N5O10/c1-15-40(8)52(47(73-13)36-49(67)63-34-26-29-45(63)53(74-14)41(9)46(65)30-25-31-59(57(71)72)37-44(59)42-27-21-20-22-28-42)62(12)56(70)50(38(4)5)60-54(68)51(39(6)7)61(11)32-23-18-19-24-33-64-48(66)35-43(55(64)69)58(10,16-2)17-3/h20-22,27-28,35,38-41,44-45,47,50-53,66,69H,15-19,23-26,29-34,36-37H2,1-14H3,(H,60,68)(H,71,72). The molecule has 74 heavy (non-hydrogen) atoms. The summed E-state index contributed by atoms with van der Waals surface area (Å²) >= 11 is 0. The van der Waals surface area contributed by atoms with Gasteiger partial charge in [0.05, 0.1) is 42.2 Å². The van der Waals surface area contributed by atoms with Gasteiger partial charge in [0.25, 0.3) is 0 Å². The fourth-order valence-electron chi connectivity index (χ4n) is 12.1. The molecule has 15 nitrogen and oxygen atoms in total. The normalized spacial score (nSPS) is 20.8. The van der Waals surface area contributed by atoms with Crippen molar-refractivity contribution in [3.8, 4) is 11.8 Å². The Morgan fingerprint density at radius 2 is 1.54 bits per heavy atom. The van der Waals surface area contributed by atoms with E-state index in [0.29, 0.717) is 51.7 Å². The van der Waals surface area contributed by atoms with Crippen LogP contribution in [0.3, 0.4) is 0 Å². The lowest BCUT2D eigenvalue weighted by Crippen LogP contribution is -2.60. The Balaban J connectivity index is 1.36. The number of carboxylic acids is 1. The third-order valence-corrected chi connectivity index (χ3v) is 17.6. The van der Waals surface area contributed by atoms with Gasteiger partial charge in [0.15, 0.2) is 11.8 Å². The van der Waals surface area contributed by atoms with Crippen LogP contribution in [0.25, 0.3) is 0 Å². The van der Waals surface area contributed by atoms with Crippen molar-refractivity contribution in [2.75, 3.05) is 41.4 Å². The Labute approximate surface area is 444 Å². The molecule has 1 aromatic heterocycles. The van der Waals surface area contributed by atoms with Gasteiger partial charge in [0, 0.05) is 64.2 Å². The van der Waals surface area contributed by atoms with Crippen LogP contribution in [0.1, 0.15) is 176 Å². The van der Waals surface area contributed by atoms with E-state index in [9.17, 15) is 39.3 Å².